The third-order valence-corrected chi connectivity index (χ3v) is 5.97. The minimum absolute atomic E-state index is 0.151. The van der Waals surface area contributed by atoms with Crippen LogP contribution in [0.15, 0.2) is 18.5 Å². The van der Waals surface area contributed by atoms with E-state index in [2.05, 4.69) is 31.8 Å². The maximum absolute atomic E-state index is 13.8. The van der Waals surface area contributed by atoms with E-state index in [9.17, 15) is 42.1 Å². The Morgan fingerprint density at radius 3 is 2.05 bits per heavy atom. The summed E-state index contributed by atoms with van der Waals surface area (Å²) in [6, 6.07) is 10.6. The first kappa shape index (κ1) is 25.5. The van der Waals surface area contributed by atoms with E-state index in [0.29, 0.717) is 6.20 Å². The van der Waals surface area contributed by atoms with E-state index < -0.39 is 62.8 Å². The number of fused-ring (bicyclic) bond motifs is 5. The molecule has 2 aromatic heterocycles. The van der Waals surface area contributed by atoms with Crippen molar-refractivity contribution in [2.24, 2.45) is 5.73 Å². The highest BCUT2D eigenvalue weighted by atomic mass is 19.4. The number of hydrogen-bond acceptors (Lipinski definition) is 7. The second-order valence-electron chi connectivity index (χ2n) is 8.19. The molecule has 0 aliphatic carbocycles. The van der Waals surface area contributed by atoms with Crippen LogP contribution in [0.25, 0.3) is 21.0 Å². The van der Waals surface area contributed by atoms with Crippen molar-refractivity contribution < 1.29 is 26.3 Å². The summed E-state index contributed by atoms with van der Waals surface area (Å²) in [6.45, 7) is 0. The molecule has 0 bridgehead atoms. The second-order valence-corrected chi connectivity index (χ2v) is 8.19. The molecule has 0 unspecified atom stereocenters. The van der Waals surface area contributed by atoms with Crippen molar-refractivity contribution in [3.63, 3.8) is 0 Å². The van der Waals surface area contributed by atoms with Crippen LogP contribution in [0.1, 0.15) is 44.8 Å². The molecule has 0 radical (unpaired) electrons. The normalized spacial score (nSPS) is 12.8. The average Bonchev–Trinajstić information content (AvgIpc) is 3.15. The van der Waals surface area contributed by atoms with Gasteiger partial charge in [0.05, 0.1) is 28.6 Å². The van der Waals surface area contributed by atoms with Gasteiger partial charge in [0.25, 0.3) is 0 Å². The Hall–Kier alpha value is -6.11. The smallest absolute Gasteiger partial charge is 0.398 e. The number of anilines is 1. The van der Waals surface area contributed by atoms with Crippen LogP contribution < -0.4 is 21.9 Å². The summed E-state index contributed by atoms with van der Waals surface area (Å²) >= 11 is 0. The topological polar surface area (TPSA) is 158 Å². The van der Waals surface area contributed by atoms with Gasteiger partial charge in [-0.1, -0.05) is 0 Å². The number of halogens is 6. The third-order valence-electron chi connectivity index (χ3n) is 5.97. The lowest BCUT2D eigenvalue weighted by Crippen LogP contribution is -2.23. The third kappa shape index (κ3) is 3.60. The minimum Gasteiger partial charge on any atom is -0.398 e. The summed E-state index contributed by atoms with van der Waals surface area (Å²) in [5.74, 6) is 0. The molecule has 0 spiro atoms. The Morgan fingerprint density at radius 2 is 1.45 bits per heavy atom. The molecule has 0 fully saturated rings. The van der Waals surface area contributed by atoms with Gasteiger partial charge in [-0.3, -0.25) is 0 Å². The van der Waals surface area contributed by atoms with Crippen molar-refractivity contribution >= 4 is 28.3 Å². The number of benzene rings is 1. The lowest BCUT2D eigenvalue weighted by molar-refractivity contribution is -0.142. The van der Waals surface area contributed by atoms with E-state index in [-0.39, 0.29) is 33.1 Å². The summed E-state index contributed by atoms with van der Waals surface area (Å²) in [5, 5.41) is 28.8. The Morgan fingerprint density at radius 1 is 0.800 bits per heavy atom. The largest absolute Gasteiger partial charge is 0.441 e. The fourth-order valence-electron chi connectivity index (χ4n) is 4.35. The van der Waals surface area contributed by atoms with Gasteiger partial charge >= 0.3 is 35.9 Å². The molecule has 4 heterocycles. The first-order chi connectivity index (χ1) is 18.8. The molecule has 5 rings (SSSR count). The Balaban J connectivity index is 2.00. The number of nitrogens with two attached hydrogens (primary N) is 2. The first-order valence-electron chi connectivity index (χ1n) is 10.6. The fraction of sp³-hybridized carbons (Fsp3) is 0.0800. The number of nitriles is 3. The van der Waals surface area contributed by atoms with E-state index in [1.807, 2.05) is 0 Å². The van der Waals surface area contributed by atoms with Gasteiger partial charge in [0, 0.05) is 23.0 Å². The zero-order valence-electron chi connectivity index (χ0n) is 19.3. The number of nitrogens with zero attached hydrogens (tertiary/aromatic N) is 7. The van der Waals surface area contributed by atoms with Gasteiger partial charge in [-0.05, 0) is 15.8 Å². The number of aromatic nitrogens is 2. The van der Waals surface area contributed by atoms with Gasteiger partial charge < -0.3 is 11.5 Å². The molecule has 40 heavy (non-hydrogen) atoms. The van der Waals surface area contributed by atoms with Gasteiger partial charge in [-0.25, -0.2) is 9.97 Å². The molecule has 0 saturated heterocycles. The molecule has 192 valence electrons. The molecule has 4 N–H and O–H groups in total. The Kier molecular flexibility index (Phi) is 5.40. The summed E-state index contributed by atoms with van der Waals surface area (Å²) in [5.41, 5.74) is 4.49. The summed E-state index contributed by atoms with van der Waals surface area (Å²) in [4.78, 5) is 14.7. The van der Waals surface area contributed by atoms with E-state index in [0.717, 1.165) is 12.3 Å². The minimum atomic E-state index is -5.03. The molecule has 1 aromatic carbocycles. The highest BCUT2D eigenvalue weighted by molar-refractivity contribution is 5.94. The number of hydrogen-bond donors (Lipinski definition) is 2. The SMILES string of the molecule is N#CC1=c2c(N)cc3c(c2[N+]#Cc2c(C(F)(F)F)ncc(C#N)c21)[N+]#Cc1cnc(C(F)(F)F)c(C#N)c1C=3N. The predicted octanol–water partition coefficient (Wildman–Crippen LogP) is 3.33. The lowest BCUT2D eigenvalue weighted by atomic mass is 9.93. The number of pyridine rings is 2. The van der Waals surface area contributed by atoms with Crippen molar-refractivity contribution in [3.8, 4) is 30.3 Å². The van der Waals surface area contributed by atoms with Gasteiger partial charge in [0.1, 0.15) is 39.8 Å². The second kappa shape index (κ2) is 8.46. The molecule has 2 aliphatic heterocycles. The number of alkyl halides is 6. The van der Waals surface area contributed by atoms with Crippen molar-refractivity contribution in [2.75, 3.05) is 5.73 Å². The maximum atomic E-state index is 13.8. The monoisotopic (exact) mass is 547 g/mol. The van der Waals surface area contributed by atoms with E-state index in [4.69, 9.17) is 11.5 Å². The summed E-state index contributed by atoms with van der Waals surface area (Å²) in [7, 11) is 0. The molecule has 3 aromatic rings. The fourth-order valence-corrected chi connectivity index (χ4v) is 4.35. The van der Waals surface area contributed by atoms with Gasteiger partial charge in [-0.2, -0.15) is 42.1 Å². The Bertz CT molecular complexity index is 2100. The molecular formula is C25H7F6N9+2. The van der Waals surface area contributed by atoms with Crippen LogP contribution in [-0.4, -0.2) is 9.97 Å². The van der Waals surface area contributed by atoms with Crippen molar-refractivity contribution in [1.82, 2.24) is 9.97 Å². The molecule has 15 heteroatoms. The highest BCUT2D eigenvalue weighted by Crippen LogP contribution is 2.38. The summed E-state index contributed by atoms with van der Waals surface area (Å²) in [6.07, 6.45) is -8.64. The van der Waals surface area contributed by atoms with Crippen LogP contribution >= 0.6 is 0 Å². The van der Waals surface area contributed by atoms with Gasteiger partial charge in [0.15, 0.2) is 11.4 Å². The van der Waals surface area contributed by atoms with Crippen molar-refractivity contribution in [2.45, 2.75) is 12.4 Å². The number of rotatable bonds is 0. The van der Waals surface area contributed by atoms with Gasteiger partial charge in [0.2, 0.25) is 0 Å². The molecule has 0 amide bonds. The van der Waals surface area contributed by atoms with Crippen LogP contribution in [0.3, 0.4) is 0 Å². The predicted molar refractivity (Wildman–Crippen MR) is 125 cm³/mol. The van der Waals surface area contributed by atoms with E-state index in [1.165, 1.54) is 6.07 Å². The van der Waals surface area contributed by atoms with Crippen LogP contribution in [-0.2, 0) is 12.4 Å². The van der Waals surface area contributed by atoms with E-state index in [1.54, 1.807) is 12.1 Å². The zero-order chi connectivity index (χ0) is 29.1. The molecule has 2 aliphatic rings. The highest BCUT2D eigenvalue weighted by Gasteiger charge is 2.43. The van der Waals surface area contributed by atoms with Crippen LogP contribution in [0.5, 0.6) is 0 Å². The average molecular weight is 547 g/mol. The van der Waals surface area contributed by atoms with E-state index >= 15 is 0 Å². The maximum Gasteiger partial charge on any atom is 0.441 e. The van der Waals surface area contributed by atoms with Crippen LogP contribution in [0.2, 0.25) is 0 Å². The molecule has 9 nitrogen and oxygen atoms in total. The summed E-state index contributed by atoms with van der Waals surface area (Å²) < 4.78 is 82.1. The lowest BCUT2D eigenvalue weighted by Gasteiger charge is -2.11. The van der Waals surface area contributed by atoms with Crippen molar-refractivity contribution in [3.05, 3.63) is 83.4 Å². The molecule has 0 saturated carbocycles. The Labute approximate surface area is 218 Å². The number of nitrogen functional groups attached to an aromatic ring is 1. The first-order valence-corrected chi connectivity index (χ1v) is 10.6. The quantitative estimate of drug-likeness (QED) is 0.323. The van der Waals surface area contributed by atoms with Gasteiger partial charge in [-0.15, -0.1) is 0 Å². The zero-order valence-corrected chi connectivity index (χ0v) is 19.3. The molecular weight excluding hydrogens is 540 g/mol. The molecule has 0 atom stereocenters. The van der Waals surface area contributed by atoms with Crippen molar-refractivity contribution in [1.29, 1.82) is 15.8 Å². The van der Waals surface area contributed by atoms with Crippen LogP contribution in [0, 0.1) is 46.1 Å². The van der Waals surface area contributed by atoms with Crippen LogP contribution in [0.4, 0.5) is 43.4 Å². The standard InChI is InChI=1S/C25H6F6N9/c26-24(27,28)22-13(4-34)17-10(7-40-22)6-37-20-11(19(17)36)1-15(35)18-12(3-33)16-9(2-32)5-39-23(25(29,30)31)14(16)8-38-21(18)20/h1,5,7H,(H3,35,36)/q+1/p+1.